The van der Waals surface area contributed by atoms with E-state index in [1.54, 1.807) is 27.0 Å². The van der Waals surface area contributed by atoms with Gasteiger partial charge < -0.3 is 18.9 Å². The molecule has 0 aromatic rings. The molecule has 5 heteroatoms. The van der Waals surface area contributed by atoms with Crippen molar-refractivity contribution in [3.05, 3.63) is 12.7 Å². The molecule has 0 aromatic heterocycles. The lowest BCUT2D eigenvalue weighted by Crippen LogP contribution is -2.61. The highest BCUT2D eigenvalue weighted by atomic mass is 16.8. The van der Waals surface area contributed by atoms with Crippen LogP contribution >= 0.6 is 0 Å². The van der Waals surface area contributed by atoms with E-state index in [-0.39, 0.29) is 6.10 Å². The lowest BCUT2D eigenvalue weighted by molar-refractivity contribution is -0.214. The second-order valence-corrected chi connectivity index (χ2v) is 5.40. The summed E-state index contributed by atoms with van der Waals surface area (Å²) in [6, 6.07) is 0. The van der Waals surface area contributed by atoms with Crippen LogP contribution in [0.1, 0.15) is 27.2 Å². The molecule has 0 bridgehead atoms. The highest BCUT2D eigenvalue weighted by Gasteiger charge is 2.59. The molecule has 2 saturated heterocycles. The number of carbonyl (C=O) groups is 1. The van der Waals surface area contributed by atoms with Crippen LogP contribution in [0, 0.1) is 0 Å². The topological polar surface area (TPSA) is 54.0 Å². The van der Waals surface area contributed by atoms with Gasteiger partial charge in [-0.3, -0.25) is 0 Å². The second kappa shape index (κ2) is 4.33. The molecule has 5 nitrogen and oxygen atoms in total. The Kier molecular flexibility index (Phi) is 3.25. The molecule has 0 spiro atoms. The van der Waals surface area contributed by atoms with Gasteiger partial charge in [-0.2, -0.15) is 0 Å². The maximum atomic E-state index is 12.0. The van der Waals surface area contributed by atoms with Crippen molar-refractivity contribution in [3.63, 3.8) is 0 Å². The zero-order valence-corrected chi connectivity index (χ0v) is 11.3. The SMILES string of the molecule is C=CC[C@]1(C)OC(=O)C2OC(C)(C)OC2C1OC. The van der Waals surface area contributed by atoms with Crippen LogP contribution in [0.4, 0.5) is 0 Å². The van der Waals surface area contributed by atoms with E-state index in [0.717, 1.165) is 0 Å². The summed E-state index contributed by atoms with van der Waals surface area (Å²) in [5, 5.41) is 0. The van der Waals surface area contributed by atoms with Crippen molar-refractivity contribution >= 4 is 5.97 Å². The summed E-state index contributed by atoms with van der Waals surface area (Å²) in [6.45, 7) is 9.06. The molecular formula is C13H20O5. The average Bonchev–Trinajstić information content (AvgIpc) is 2.54. The minimum Gasteiger partial charge on any atom is -0.454 e. The number of carbonyl (C=O) groups excluding carboxylic acids is 1. The van der Waals surface area contributed by atoms with Crippen molar-refractivity contribution in [3.8, 4) is 0 Å². The number of methoxy groups -OCH3 is 1. The van der Waals surface area contributed by atoms with Crippen molar-refractivity contribution in [2.75, 3.05) is 7.11 Å². The van der Waals surface area contributed by atoms with Crippen LogP contribution in [0.15, 0.2) is 12.7 Å². The summed E-state index contributed by atoms with van der Waals surface area (Å²) in [5.74, 6) is -1.20. The van der Waals surface area contributed by atoms with Gasteiger partial charge in [-0.05, 0) is 20.8 Å². The van der Waals surface area contributed by atoms with E-state index in [1.165, 1.54) is 0 Å². The molecule has 2 heterocycles. The Morgan fingerprint density at radius 1 is 1.39 bits per heavy atom. The number of esters is 1. The quantitative estimate of drug-likeness (QED) is 0.564. The Labute approximate surface area is 107 Å². The van der Waals surface area contributed by atoms with Gasteiger partial charge in [0.15, 0.2) is 11.9 Å². The predicted molar refractivity (Wildman–Crippen MR) is 63.9 cm³/mol. The number of ether oxygens (including phenoxy) is 4. The van der Waals surface area contributed by atoms with Gasteiger partial charge in [0.2, 0.25) is 0 Å². The molecule has 0 aliphatic carbocycles. The van der Waals surface area contributed by atoms with Gasteiger partial charge in [-0.1, -0.05) is 6.08 Å². The third-order valence-corrected chi connectivity index (χ3v) is 3.40. The minimum absolute atomic E-state index is 0.375. The van der Waals surface area contributed by atoms with Gasteiger partial charge in [0, 0.05) is 13.5 Å². The highest BCUT2D eigenvalue weighted by molar-refractivity contribution is 5.77. The van der Waals surface area contributed by atoms with E-state index in [4.69, 9.17) is 18.9 Å². The van der Waals surface area contributed by atoms with Crippen LogP contribution in [0.3, 0.4) is 0 Å². The van der Waals surface area contributed by atoms with E-state index >= 15 is 0 Å². The normalized spacial score (nSPS) is 42.2. The fourth-order valence-corrected chi connectivity index (χ4v) is 2.71. The van der Waals surface area contributed by atoms with Crippen molar-refractivity contribution in [2.24, 2.45) is 0 Å². The summed E-state index contributed by atoms with van der Waals surface area (Å²) >= 11 is 0. The molecule has 0 N–H and O–H groups in total. The Balaban J connectivity index is 2.31. The molecule has 3 unspecified atom stereocenters. The molecule has 0 amide bonds. The zero-order chi connectivity index (χ0) is 13.6. The Morgan fingerprint density at radius 3 is 2.61 bits per heavy atom. The Morgan fingerprint density at radius 2 is 2.06 bits per heavy atom. The summed E-state index contributed by atoms with van der Waals surface area (Å²) in [7, 11) is 1.58. The van der Waals surface area contributed by atoms with E-state index < -0.39 is 29.6 Å². The smallest absolute Gasteiger partial charge is 0.338 e. The first-order valence-electron chi connectivity index (χ1n) is 6.05. The van der Waals surface area contributed by atoms with Gasteiger partial charge in [0.05, 0.1) is 0 Å². The Bertz CT molecular complexity index is 364. The van der Waals surface area contributed by atoms with Crippen LogP contribution in [0.25, 0.3) is 0 Å². The first-order valence-corrected chi connectivity index (χ1v) is 6.05. The van der Waals surface area contributed by atoms with E-state index in [9.17, 15) is 4.79 Å². The molecule has 18 heavy (non-hydrogen) atoms. The van der Waals surface area contributed by atoms with Gasteiger partial charge in [-0.25, -0.2) is 4.79 Å². The Hall–Kier alpha value is -0.910. The van der Waals surface area contributed by atoms with Gasteiger partial charge >= 0.3 is 5.97 Å². The minimum atomic E-state index is -0.801. The average molecular weight is 256 g/mol. The summed E-state index contributed by atoms with van der Waals surface area (Å²) in [5.41, 5.74) is -0.765. The number of cyclic esters (lactones) is 1. The van der Waals surface area contributed by atoms with Crippen LogP contribution in [-0.4, -0.2) is 42.8 Å². The maximum absolute atomic E-state index is 12.0. The van der Waals surface area contributed by atoms with Gasteiger partial charge in [0.1, 0.15) is 17.8 Å². The number of hydrogen-bond donors (Lipinski definition) is 0. The second-order valence-electron chi connectivity index (χ2n) is 5.40. The van der Waals surface area contributed by atoms with Crippen LogP contribution in [-0.2, 0) is 23.7 Å². The lowest BCUT2D eigenvalue weighted by atomic mass is 9.86. The van der Waals surface area contributed by atoms with Crippen molar-refractivity contribution < 1.29 is 23.7 Å². The molecule has 0 radical (unpaired) electrons. The number of hydrogen-bond acceptors (Lipinski definition) is 5. The fraction of sp³-hybridized carbons (Fsp3) is 0.769. The van der Waals surface area contributed by atoms with Crippen molar-refractivity contribution in [1.29, 1.82) is 0 Å². The number of rotatable bonds is 3. The standard InChI is InChI=1S/C13H20O5/c1-6-7-13(4)10(15-5)8-9(11(14)18-13)17-12(2,3)16-8/h6,8-10H,1,7H2,2-5H3/t8?,9?,10?,13-/m0/s1. The van der Waals surface area contributed by atoms with Crippen molar-refractivity contribution in [1.82, 2.24) is 0 Å². The summed E-state index contributed by atoms with van der Waals surface area (Å²) in [6.07, 6.45) is 0.671. The van der Waals surface area contributed by atoms with E-state index in [1.807, 2.05) is 6.92 Å². The third kappa shape index (κ3) is 2.06. The zero-order valence-electron chi connectivity index (χ0n) is 11.3. The first-order chi connectivity index (χ1) is 8.33. The molecule has 102 valence electrons. The summed E-state index contributed by atoms with van der Waals surface area (Å²) in [4.78, 5) is 12.0. The summed E-state index contributed by atoms with van der Waals surface area (Å²) < 4.78 is 22.3. The molecule has 2 aliphatic heterocycles. The first kappa shape index (κ1) is 13.5. The fourth-order valence-electron chi connectivity index (χ4n) is 2.71. The molecule has 0 saturated carbocycles. The van der Waals surface area contributed by atoms with Crippen LogP contribution in [0.2, 0.25) is 0 Å². The van der Waals surface area contributed by atoms with E-state index in [0.29, 0.717) is 6.42 Å². The third-order valence-electron chi connectivity index (χ3n) is 3.40. The van der Waals surface area contributed by atoms with Gasteiger partial charge in [0.25, 0.3) is 0 Å². The number of fused-ring (bicyclic) bond motifs is 1. The molecule has 2 rings (SSSR count). The molecular weight excluding hydrogens is 236 g/mol. The van der Waals surface area contributed by atoms with Crippen LogP contribution in [0.5, 0.6) is 0 Å². The van der Waals surface area contributed by atoms with Crippen LogP contribution < -0.4 is 0 Å². The van der Waals surface area contributed by atoms with Crippen molar-refractivity contribution in [2.45, 2.75) is 56.9 Å². The molecule has 0 aromatic carbocycles. The molecule has 4 atom stereocenters. The highest BCUT2D eigenvalue weighted by Crippen LogP contribution is 2.41. The largest absolute Gasteiger partial charge is 0.454 e. The molecule has 2 aliphatic rings. The maximum Gasteiger partial charge on any atom is 0.338 e. The predicted octanol–water partition coefficient (Wildman–Crippen LogP) is 1.41. The lowest BCUT2D eigenvalue weighted by Gasteiger charge is -2.43. The monoisotopic (exact) mass is 256 g/mol. The van der Waals surface area contributed by atoms with E-state index in [2.05, 4.69) is 6.58 Å². The van der Waals surface area contributed by atoms with Gasteiger partial charge in [-0.15, -0.1) is 6.58 Å². The molecule has 2 fully saturated rings.